The SMILES string of the molecule is NS(=O)(=O)c1ccccc1CC1CCOCC1. The molecule has 0 aliphatic carbocycles. The largest absolute Gasteiger partial charge is 0.381 e. The Morgan fingerprint density at radius 2 is 1.88 bits per heavy atom. The molecule has 0 bridgehead atoms. The number of sulfonamides is 1. The zero-order valence-electron chi connectivity index (χ0n) is 9.63. The van der Waals surface area contributed by atoms with E-state index in [0.29, 0.717) is 5.92 Å². The van der Waals surface area contributed by atoms with Crippen LogP contribution in [0, 0.1) is 5.92 Å². The van der Waals surface area contributed by atoms with Crippen LogP contribution in [0.4, 0.5) is 0 Å². The van der Waals surface area contributed by atoms with Crippen LogP contribution in [-0.2, 0) is 21.2 Å². The summed E-state index contributed by atoms with van der Waals surface area (Å²) in [6.45, 7) is 1.53. The van der Waals surface area contributed by atoms with E-state index in [1.807, 2.05) is 12.1 Å². The smallest absolute Gasteiger partial charge is 0.238 e. The molecule has 4 nitrogen and oxygen atoms in total. The van der Waals surface area contributed by atoms with E-state index in [1.165, 1.54) is 0 Å². The summed E-state index contributed by atoms with van der Waals surface area (Å²) in [6.07, 6.45) is 2.73. The Balaban J connectivity index is 2.20. The Morgan fingerprint density at radius 3 is 2.53 bits per heavy atom. The molecule has 0 amide bonds. The molecule has 1 heterocycles. The first-order valence-corrected chi connectivity index (χ1v) is 7.30. The fraction of sp³-hybridized carbons (Fsp3) is 0.500. The van der Waals surface area contributed by atoms with Gasteiger partial charge in [-0.3, -0.25) is 0 Å². The maximum Gasteiger partial charge on any atom is 0.238 e. The van der Waals surface area contributed by atoms with Gasteiger partial charge in [0.1, 0.15) is 0 Å². The van der Waals surface area contributed by atoms with Crippen molar-refractivity contribution in [2.24, 2.45) is 11.1 Å². The van der Waals surface area contributed by atoms with E-state index in [4.69, 9.17) is 9.88 Å². The monoisotopic (exact) mass is 255 g/mol. The van der Waals surface area contributed by atoms with E-state index in [9.17, 15) is 8.42 Å². The van der Waals surface area contributed by atoms with E-state index < -0.39 is 10.0 Å². The van der Waals surface area contributed by atoms with Crippen LogP contribution < -0.4 is 5.14 Å². The van der Waals surface area contributed by atoms with Crippen molar-refractivity contribution >= 4 is 10.0 Å². The lowest BCUT2D eigenvalue weighted by molar-refractivity contribution is 0.0664. The van der Waals surface area contributed by atoms with Crippen LogP contribution in [0.2, 0.25) is 0 Å². The molecule has 0 radical (unpaired) electrons. The summed E-state index contributed by atoms with van der Waals surface area (Å²) in [6, 6.07) is 6.97. The molecule has 1 saturated heterocycles. The molecule has 1 fully saturated rings. The predicted octanol–water partition coefficient (Wildman–Crippen LogP) is 1.30. The number of benzene rings is 1. The van der Waals surface area contributed by atoms with Gasteiger partial charge in [0.15, 0.2) is 0 Å². The first-order chi connectivity index (χ1) is 8.07. The van der Waals surface area contributed by atoms with Crippen LogP contribution in [0.1, 0.15) is 18.4 Å². The summed E-state index contributed by atoms with van der Waals surface area (Å²) < 4.78 is 28.2. The van der Waals surface area contributed by atoms with Crippen molar-refractivity contribution in [2.75, 3.05) is 13.2 Å². The molecule has 0 spiro atoms. The maximum absolute atomic E-state index is 11.4. The van der Waals surface area contributed by atoms with Gasteiger partial charge in [-0.05, 0) is 36.8 Å². The molecule has 0 aromatic heterocycles. The van der Waals surface area contributed by atoms with Gasteiger partial charge in [-0.25, -0.2) is 13.6 Å². The lowest BCUT2D eigenvalue weighted by Gasteiger charge is -2.22. The van der Waals surface area contributed by atoms with Crippen molar-refractivity contribution in [3.63, 3.8) is 0 Å². The summed E-state index contributed by atoms with van der Waals surface area (Å²) in [5, 5.41) is 5.21. The molecule has 1 aromatic rings. The number of hydrogen-bond acceptors (Lipinski definition) is 3. The number of nitrogens with two attached hydrogens (primary N) is 1. The van der Waals surface area contributed by atoms with Gasteiger partial charge in [0, 0.05) is 13.2 Å². The Bertz CT molecular complexity index is 478. The number of ether oxygens (including phenoxy) is 1. The summed E-state index contributed by atoms with van der Waals surface area (Å²) in [5.74, 6) is 0.492. The molecule has 2 rings (SSSR count). The van der Waals surface area contributed by atoms with Crippen molar-refractivity contribution in [1.82, 2.24) is 0 Å². The van der Waals surface area contributed by atoms with E-state index in [2.05, 4.69) is 0 Å². The Labute approximate surface area is 102 Å². The third-order valence-electron chi connectivity index (χ3n) is 3.13. The van der Waals surface area contributed by atoms with Crippen molar-refractivity contribution in [3.8, 4) is 0 Å². The minimum atomic E-state index is -3.62. The van der Waals surface area contributed by atoms with Gasteiger partial charge in [0.2, 0.25) is 10.0 Å². The Hall–Kier alpha value is -0.910. The third-order valence-corrected chi connectivity index (χ3v) is 4.14. The van der Waals surface area contributed by atoms with Crippen molar-refractivity contribution in [3.05, 3.63) is 29.8 Å². The number of primary sulfonamides is 1. The zero-order valence-corrected chi connectivity index (χ0v) is 10.4. The summed E-state index contributed by atoms with van der Waals surface area (Å²) >= 11 is 0. The lowest BCUT2D eigenvalue weighted by Crippen LogP contribution is -2.20. The summed E-state index contributed by atoms with van der Waals surface area (Å²) in [4.78, 5) is 0.256. The van der Waals surface area contributed by atoms with Crippen molar-refractivity contribution in [1.29, 1.82) is 0 Å². The third kappa shape index (κ3) is 3.28. The molecular formula is C12H17NO3S. The van der Waals surface area contributed by atoms with Gasteiger partial charge in [-0.1, -0.05) is 18.2 Å². The van der Waals surface area contributed by atoms with Gasteiger partial charge in [-0.2, -0.15) is 0 Å². The van der Waals surface area contributed by atoms with Crippen LogP contribution in [0.3, 0.4) is 0 Å². The summed E-state index contributed by atoms with van der Waals surface area (Å²) in [7, 11) is -3.62. The molecule has 2 N–H and O–H groups in total. The normalized spacial score (nSPS) is 18.2. The highest BCUT2D eigenvalue weighted by molar-refractivity contribution is 7.89. The molecule has 0 saturated carbocycles. The van der Waals surface area contributed by atoms with Gasteiger partial charge >= 0.3 is 0 Å². The molecular weight excluding hydrogens is 238 g/mol. The highest BCUT2D eigenvalue weighted by Gasteiger charge is 2.19. The van der Waals surface area contributed by atoms with E-state index in [0.717, 1.165) is 38.0 Å². The summed E-state index contributed by atoms with van der Waals surface area (Å²) in [5.41, 5.74) is 0.821. The molecule has 94 valence electrons. The van der Waals surface area contributed by atoms with Crippen LogP contribution in [0.15, 0.2) is 29.2 Å². The van der Waals surface area contributed by atoms with Crippen LogP contribution in [0.5, 0.6) is 0 Å². The van der Waals surface area contributed by atoms with E-state index in [-0.39, 0.29) is 4.90 Å². The van der Waals surface area contributed by atoms with Crippen LogP contribution >= 0.6 is 0 Å². The second kappa shape index (κ2) is 5.16. The molecule has 1 aromatic carbocycles. The topological polar surface area (TPSA) is 69.4 Å². The highest BCUT2D eigenvalue weighted by Crippen LogP contribution is 2.23. The van der Waals surface area contributed by atoms with Crippen LogP contribution in [0.25, 0.3) is 0 Å². The Kier molecular flexibility index (Phi) is 3.81. The molecule has 1 aliphatic heterocycles. The number of rotatable bonds is 3. The quantitative estimate of drug-likeness (QED) is 0.885. The molecule has 0 unspecified atom stereocenters. The average Bonchev–Trinajstić information content (AvgIpc) is 2.30. The lowest BCUT2D eigenvalue weighted by atomic mass is 9.92. The predicted molar refractivity (Wildman–Crippen MR) is 65.1 cm³/mol. The minimum Gasteiger partial charge on any atom is -0.381 e. The molecule has 17 heavy (non-hydrogen) atoms. The van der Waals surface area contributed by atoms with Crippen LogP contribution in [-0.4, -0.2) is 21.6 Å². The van der Waals surface area contributed by atoms with Crippen molar-refractivity contribution in [2.45, 2.75) is 24.2 Å². The van der Waals surface area contributed by atoms with E-state index >= 15 is 0 Å². The molecule has 1 aliphatic rings. The first kappa shape index (κ1) is 12.5. The standard InChI is InChI=1S/C12H17NO3S/c13-17(14,15)12-4-2-1-3-11(12)9-10-5-7-16-8-6-10/h1-4,10H,5-9H2,(H2,13,14,15). The van der Waals surface area contributed by atoms with Gasteiger partial charge in [0.05, 0.1) is 4.90 Å². The first-order valence-electron chi connectivity index (χ1n) is 5.76. The van der Waals surface area contributed by atoms with Gasteiger partial charge in [-0.15, -0.1) is 0 Å². The molecule has 0 atom stereocenters. The van der Waals surface area contributed by atoms with Gasteiger partial charge in [0.25, 0.3) is 0 Å². The van der Waals surface area contributed by atoms with E-state index in [1.54, 1.807) is 12.1 Å². The Morgan fingerprint density at radius 1 is 1.24 bits per heavy atom. The zero-order chi connectivity index (χ0) is 12.3. The fourth-order valence-electron chi connectivity index (χ4n) is 2.21. The highest BCUT2D eigenvalue weighted by atomic mass is 32.2. The van der Waals surface area contributed by atoms with Gasteiger partial charge < -0.3 is 4.74 Å². The average molecular weight is 255 g/mol. The molecule has 5 heteroatoms. The second-order valence-corrected chi connectivity index (χ2v) is 5.94. The maximum atomic E-state index is 11.4. The second-order valence-electron chi connectivity index (χ2n) is 4.41. The van der Waals surface area contributed by atoms with Crippen molar-refractivity contribution < 1.29 is 13.2 Å². The minimum absolute atomic E-state index is 0.256. The number of hydrogen-bond donors (Lipinski definition) is 1. The fourth-order valence-corrected chi connectivity index (χ4v) is 3.00.